The number of aromatic nitrogens is 3. The van der Waals surface area contributed by atoms with Crippen molar-refractivity contribution in [2.45, 2.75) is 20.4 Å². The van der Waals surface area contributed by atoms with Crippen molar-refractivity contribution in [1.29, 1.82) is 0 Å². The monoisotopic (exact) mass is 404 g/mol. The third-order valence-electron chi connectivity index (χ3n) is 4.77. The van der Waals surface area contributed by atoms with E-state index in [1.165, 1.54) is 6.07 Å². The van der Waals surface area contributed by atoms with Gasteiger partial charge in [0, 0.05) is 23.6 Å². The minimum atomic E-state index is -0.356. The smallest absolute Gasteiger partial charge is 0.258 e. The molecule has 2 aromatic carbocycles. The molecule has 0 aliphatic carbocycles. The van der Waals surface area contributed by atoms with Crippen molar-refractivity contribution in [1.82, 2.24) is 20.1 Å². The SMILES string of the molecule is Cc1cc(OCC(=O)NCc2ccccc2F)nc2c1c(C)nn2-c1ccccc1. The van der Waals surface area contributed by atoms with Crippen LogP contribution >= 0.6 is 0 Å². The van der Waals surface area contributed by atoms with Crippen molar-refractivity contribution < 1.29 is 13.9 Å². The Kier molecular flexibility index (Phi) is 5.43. The number of ether oxygens (including phenoxy) is 1. The number of hydrogen-bond donors (Lipinski definition) is 1. The van der Waals surface area contributed by atoms with E-state index < -0.39 is 0 Å². The third-order valence-corrected chi connectivity index (χ3v) is 4.77. The van der Waals surface area contributed by atoms with Crippen LogP contribution in [-0.4, -0.2) is 27.3 Å². The van der Waals surface area contributed by atoms with Crippen LogP contribution in [0.15, 0.2) is 60.7 Å². The molecule has 7 heteroatoms. The first-order chi connectivity index (χ1) is 14.5. The Hall–Kier alpha value is -3.74. The number of para-hydroxylation sites is 1. The van der Waals surface area contributed by atoms with E-state index in [0.717, 1.165) is 22.3 Å². The minimum Gasteiger partial charge on any atom is -0.468 e. The van der Waals surface area contributed by atoms with E-state index in [1.807, 2.05) is 44.2 Å². The zero-order valence-corrected chi connectivity index (χ0v) is 16.7. The molecule has 0 unspecified atom stereocenters. The summed E-state index contributed by atoms with van der Waals surface area (Å²) >= 11 is 0. The number of hydrogen-bond acceptors (Lipinski definition) is 4. The van der Waals surface area contributed by atoms with Gasteiger partial charge in [0.1, 0.15) is 5.82 Å². The highest BCUT2D eigenvalue weighted by Gasteiger charge is 2.15. The van der Waals surface area contributed by atoms with Crippen LogP contribution < -0.4 is 10.1 Å². The predicted octanol–water partition coefficient (Wildman–Crippen LogP) is 3.87. The van der Waals surface area contributed by atoms with Crippen LogP contribution in [0.3, 0.4) is 0 Å². The number of pyridine rings is 1. The summed E-state index contributed by atoms with van der Waals surface area (Å²) in [6.07, 6.45) is 0. The largest absolute Gasteiger partial charge is 0.468 e. The number of aryl methyl sites for hydroxylation is 2. The number of amides is 1. The second-order valence-electron chi connectivity index (χ2n) is 6.97. The van der Waals surface area contributed by atoms with Gasteiger partial charge in [0.15, 0.2) is 12.3 Å². The van der Waals surface area contributed by atoms with Gasteiger partial charge in [0.05, 0.1) is 11.4 Å². The average Bonchev–Trinajstić information content (AvgIpc) is 3.09. The van der Waals surface area contributed by atoms with Gasteiger partial charge in [0.2, 0.25) is 5.88 Å². The van der Waals surface area contributed by atoms with E-state index in [1.54, 1.807) is 28.9 Å². The zero-order chi connectivity index (χ0) is 21.1. The number of fused-ring (bicyclic) bond motifs is 1. The fourth-order valence-corrected chi connectivity index (χ4v) is 3.32. The van der Waals surface area contributed by atoms with Gasteiger partial charge in [-0.15, -0.1) is 0 Å². The Labute approximate surface area is 173 Å². The van der Waals surface area contributed by atoms with E-state index in [4.69, 9.17) is 4.74 Å². The van der Waals surface area contributed by atoms with Crippen molar-refractivity contribution in [2.24, 2.45) is 0 Å². The van der Waals surface area contributed by atoms with Crippen molar-refractivity contribution in [2.75, 3.05) is 6.61 Å². The fraction of sp³-hybridized carbons (Fsp3) is 0.174. The molecule has 2 heterocycles. The Bertz CT molecular complexity index is 1200. The van der Waals surface area contributed by atoms with Crippen molar-refractivity contribution >= 4 is 16.9 Å². The first-order valence-corrected chi connectivity index (χ1v) is 9.58. The normalized spacial score (nSPS) is 10.9. The average molecular weight is 404 g/mol. The number of benzene rings is 2. The lowest BCUT2D eigenvalue weighted by molar-refractivity contribution is -0.123. The van der Waals surface area contributed by atoms with Gasteiger partial charge < -0.3 is 10.1 Å². The maximum Gasteiger partial charge on any atom is 0.258 e. The second-order valence-corrected chi connectivity index (χ2v) is 6.97. The van der Waals surface area contributed by atoms with Crippen LogP contribution in [0.4, 0.5) is 4.39 Å². The van der Waals surface area contributed by atoms with Gasteiger partial charge in [-0.2, -0.15) is 10.1 Å². The quantitative estimate of drug-likeness (QED) is 0.530. The predicted molar refractivity (Wildman–Crippen MR) is 112 cm³/mol. The van der Waals surface area contributed by atoms with Gasteiger partial charge in [0.25, 0.3) is 5.91 Å². The first kappa shape index (κ1) is 19.6. The van der Waals surface area contributed by atoms with Crippen LogP contribution in [0.1, 0.15) is 16.8 Å². The van der Waals surface area contributed by atoms with Crippen LogP contribution in [-0.2, 0) is 11.3 Å². The molecule has 0 aliphatic rings. The number of carbonyl (C=O) groups excluding carboxylic acids is 1. The van der Waals surface area contributed by atoms with Gasteiger partial charge in [-0.3, -0.25) is 4.79 Å². The van der Waals surface area contributed by atoms with Crippen molar-refractivity contribution in [3.05, 3.63) is 83.3 Å². The second kappa shape index (κ2) is 8.32. The third kappa shape index (κ3) is 4.00. The zero-order valence-electron chi connectivity index (χ0n) is 16.7. The molecular formula is C23H21FN4O2. The number of halogens is 1. The lowest BCUT2D eigenvalue weighted by Gasteiger charge is -2.09. The van der Waals surface area contributed by atoms with E-state index in [2.05, 4.69) is 15.4 Å². The van der Waals surface area contributed by atoms with Crippen LogP contribution in [0, 0.1) is 19.7 Å². The molecule has 2 aromatic heterocycles. The number of nitrogens with zero attached hydrogens (tertiary/aromatic N) is 3. The highest BCUT2D eigenvalue weighted by Crippen LogP contribution is 2.26. The van der Waals surface area contributed by atoms with Gasteiger partial charge in [-0.05, 0) is 37.6 Å². The van der Waals surface area contributed by atoms with Crippen LogP contribution in [0.5, 0.6) is 5.88 Å². The first-order valence-electron chi connectivity index (χ1n) is 9.58. The van der Waals surface area contributed by atoms with Crippen LogP contribution in [0.25, 0.3) is 16.7 Å². The molecule has 0 radical (unpaired) electrons. The summed E-state index contributed by atoms with van der Waals surface area (Å²) in [7, 11) is 0. The maximum atomic E-state index is 13.7. The van der Waals surface area contributed by atoms with E-state index in [-0.39, 0.29) is 24.9 Å². The molecule has 0 aliphatic heterocycles. The van der Waals surface area contributed by atoms with E-state index in [9.17, 15) is 9.18 Å². The molecule has 30 heavy (non-hydrogen) atoms. The molecule has 4 rings (SSSR count). The van der Waals surface area contributed by atoms with Gasteiger partial charge in [-0.1, -0.05) is 36.4 Å². The molecule has 0 saturated heterocycles. The molecule has 1 amide bonds. The summed E-state index contributed by atoms with van der Waals surface area (Å²) < 4.78 is 21.0. The summed E-state index contributed by atoms with van der Waals surface area (Å²) in [6, 6.07) is 17.8. The number of rotatable bonds is 6. The molecule has 0 bridgehead atoms. The van der Waals surface area contributed by atoms with E-state index in [0.29, 0.717) is 17.1 Å². The topological polar surface area (TPSA) is 69.0 Å². The lowest BCUT2D eigenvalue weighted by Crippen LogP contribution is -2.28. The summed E-state index contributed by atoms with van der Waals surface area (Å²) in [5.74, 6) is -0.380. The Balaban J connectivity index is 1.51. The standard InChI is InChI=1S/C23H21FN4O2/c1-15-12-21(30-14-20(29)25-13-17-8-6-7-11-19(17)24)26-23-22(15)16(2)27-28(23)18-9-4-3-5-10-18/h3-12H,13-14H2,1-2H3,(H,25,29). The summed E-state index contributed by atoms with van der Waals surface area (Å²) in [6.45, 7) is 3.78. The highest BCUT2D eigenvalue weighted by atomic mass is 19.1. The van der Waals surface area contributed by atoms with Gasteiger partial charge >= 0.3 is 0 Å². The van der Waals surface area contributed by atoms with Gasteiger partial charge in [-0.25, -0.2) is 9.07 Å². The molecule has 152 valence electrons. The molecule has 0 atom stereocenters. The lowest BCUT2D eigenvalue weighted by atomic mass is 10.2. The van der Waals surface area contributed by atoms with E-state index >= 15 is 0 Å². The molecule has 4 aromatic rings. The fourth-order valence-electron chi connectivity index (χ4n) is 3.32. The Morgan fingerprint density at radius 2 is 1.83 bits per heavy atom. The summed E-state index contributed by atoms with van der Waals surface area (Å²) in [5.41, 5.74) is 3.81. The number of nitrogens with one attached hydrogen (secondary N) is 1. The Morgan fingerprint density at radius 1 is 1.10 bits per heavy atom. The minimum absolute atomic E-state index is 0.0976. The summed E-state index contributed by atoms with van der Waals surface area (Å²) in [4.78, 5) is 16.7. The molecule has 1 N–H and O–H groups in total. The molecule has 0 fully saturated rings. The highest BCUT2D eigenvalue weighted by molar-refractivity contribution is 5.84. The molecule has 0 spiro atoms. The number of carbonyl (C=O) groups is 1. The van der Waals surface area contributed by atoms with Crippen LogP contribution in [0.2, 0.25) is 0 Å². The molecule has 6 nitrogen and oxygen atoms in total. The van der Waals surface area contributed by atoms with Crippen molar-refractivity contribution in [3.8, 4) is 11.6 Å². The molecule has 0 saturated carbocycles. The summed E-state index contributed by atoms with van der Waals surface area (Å²) in [5, 5.41) is 8.22. The molecular weight excluding hydrogens is 383 g/mol. The van der Waals surface area contributed by atoms with Crippen molar-refractivity contribution in [3.63, 3.8) is 0 Å². The maximum absolute atomic E-state index is 13.7. The Morgan fingerprint density at radius 3 is 2.60 bits per heavy atom.